The minimum atomic E-state index is 0.477. The summed E-state index contributed by atoms with van der Waals surface area (Å²) in [6.07, 6.45) is 2.32. The summed E-state index contributed by atoms with van der Waals surface area (Å²) in [5.41, 5.74) is 1.99. The molecule has 1 aromatic heterocycles. The van der Waals surface area contributed by atoms with Crippen molar-refractivity contribution in [3.05, 3.63) is 48.3 Å². The molecule has 0 aliphatic heterocycles. The fourth-order valence-electron chi connectivity index (χ4n) is 3.08. The van der Waals surface area contributed by atoms with E-state index in [0.717, 1.165) is 54.2 Å². The van der Waals surface area contributed by atoms with Crippen molar-refractivity contribution in [3.63, 3.8) is 0 Å². The molecule has 4 rings (SSSR count). The zero-order chi connectivity index (χ0) is 18.6. The maximum atomic E-state index is 5.45. The fourth-order valence-corrected chi connectivity index (χ4v) is 3.08. The highest BCUT2D eigenvalue weighted by atomic mass is 16.5. The zero-order valence-corrected chi connectivity index (χ0v) is 15.7. The summed E-state index contributed by atoms with van der Waals surface area (Å²) in [5.74, 6) is 3.59. The first-order chi connectivity index (χ1) is 13.3. The zero-order valence-electron chi connectivity index (χ0n) is 15.7. The Labute approximate surface area is 158 Å². The van der Waals surface area contributed by atoms with Gasteiger partial charge in [-0.05, 0) is 31.0 Å². The number of fused-ring (bicyclic) bond motifs is 1. The monoisotopic (exact) mass is 364 g/mol. The Morgan fingerprint density at radius 2 is 1.63 bits per heavy atom. The van der Waals surface area contributed by atoms with Gasteiger partial charge in [0.15, 0.2) is 11.5 Å². The van der Waals surface area contributed by atoms with E-state index in [9.17, 15) is 0 Å². The van der Waals surface area contributed by atoms with Crippen LogP contribution in [0.25, 0.3) is 10.9 Å². The standard InChI is InChI=1S/C21H24N4O2/c1-26-18-12-16-17(13-19(18)27-2)24-20(14-8-9-14)25-21(16)23-11-10-22-15-6-4-3-5-7-15/h3-7,12-14,22H,8-11H2,1-2H3,(H,23,24,25). The number of para-hydroxylation sites is 1. The van der Waals surface area contributed by atoms with Gasteiger partial charge in [0.1, 0.15) is 11.6 Å². The van der Waals surface area contributed by atoms with Crippen molar-refractivity contribution in [2.75, 3.05) is 37.9 Å². The molecule has 1 aliphatic carbocycles. The van der Waals surface area contributed by atoms with Crippen LogP contribution >= 0.6 is 0 Å². The number of ether oxygens (including phenoxy) is 2. The van der Waals surface area contributed by atoms with Gasteiger partial charge in [-0.25, -0.2) is 9.97 Å². The summed E-state index contributed by atoms with van der Waals surface area (Å²) in [5, 5.41) is 7.80. The molecule has 0 saturated heterocycles. The van der Waals surface area contributed by atoms with Gasteiger partial charge in [-0.2, -0.15) is 0 Å². The lowest BCUT2D eigenvalue weighted by Gasteiger charge is -2.14. The maximum Gasteiger partial charge on any atom is 0.162 e. The third-order valence-electron chi connectivity index (χ3n) is 4.68. The van der Waals surface area contributed by atoms with Crippen molar-refractivity contribution in [2.45, 2.75) is 18.8 Å². The van der Waals surface area contributed by atoms with Crippen molar-refractivity contribution in [1.29, 1.82) is 0 Å². The Balaban J connectivity index is 1.57. The summed E-state index contributed by atoms with van der Waals surface area (Å²) >= 11 is 0. The van der Waals surface area contributed by atoms with Crippen LogP contribution in [0.1, 0.15) is 24.6 Å². The van der Waals surface area contributed by atoms with E-state index in [-0.39, 0.29) is 0 Å². The summed E-state index contributed by atoms with van der Waals surface area (Å²) in [6.45, 7) is 1.54. The van der Waals surface area contributed by atoms with Gasteiger partial charge >= 0.3 is 0 Å². The number of hydrogen-bond donors (Lipinski definition) is 2. The predicted octanol–water partition coefficient (Wildman–Crippen LogP) is 4.05. The molecule has 0 bridgehead atoms. The van der Waals surface area contributed by atoms with Crippen LogP contribution in [0.5, 0.6) is 11.5 Å². The van der Waals surface area contributed by atoms with Gasteiger partial charge in [-0.3, -0.25) is 0 Å². The fraction of sp³-hybridized carbons (Fsp3) is 0.333. The normalized spacial score (nSPS) is 13.4. The third kappa shape index (κ3) is 3.89. The Kier molecular flexibility index (Phi) is 4.96. The van der Waals surface area contributed by atoms with Gasteiger partial charge in [0.25, 0.3) is 0 Å². The number of benzene rings is 2. The number of nitrogens with zero attached hydrogens (tertiary/aromatic N) is 2. The minimum absolute atomic E-state index is 0.477. The third-order valence-corrected chi connectivity index (χ3v) is 4.68. The van der Waals surface area contributed by atoms with Crippen molar-refractivity contribution >= 4 is 22.4 Å². The van der Waals surface area contributed by atoms with E-state index in [0.29, 0.717) is 17.4 Å². The lowest BCUT2D eigenvalue weighted by Crippen LogP contribution is -2.15. The molecule has 0 amide bonds. The van der Waals surface area contributed by atoms with Crippen molar-refractivity contribution in [2.24, 2.45) is 0 Å². The van der Waals surface area contributed by atoms with Crippen LogP contribution in [0.4, 0.5) is 11.5 Å². The summed E-state index contributed by atoms with van der Waals surface area (Å²) in [4.78, 5) is 9.55. The minimum Gasteiger partial charge on any atom is -0.493 e. The second kappa shape index (κ2) is 7.70. The molecule has 1 aliphatic rings. The molecule has 140 valence electrons. The Hall–Kier alpha value is -3.02. The quantitative estimate of drug-likeness (QED) is 0.588. The predicted molar refractivity (Wildman–Crippen MR) is 108 cm³/mol. The van der Waals surface area contributed by atoms with Crippen LogP contribution in [0.3, 0.4) is 0 Å². The molecule has 2 N–H and O–H groups in total. The molecule has 6 heteroatoms. The molecule has 1 saturated carbocycles. The van der Waals surface area contributed by atoms with E-state index in [1.54, 1.807) is 14.2 Å². The summed E-state index contributed by atoms with van der Waals surface area (Å²) < 4.78 is 10.9. The van der Waals surface area contributed by atoms with E-state index in [1.807, 2.05) is 30.3 Å². The molecular weight excluding hydrogens is 340 g/mol. The Bertz CT molecular complexity index is 926. The van der Waals surface area contributed by atoms with E-state index in [2.05, 4.69) is 22.8 Å². The van der Waals surface area contributed by atoms with E-state index in [4.69, 9.17) is 19.4 Å². The second-order valence-corrected chi connectivity index (χ2v) is 6.65. The molecule has 1 heterocycles. The van der Waals surface area contributed by atoms with Crippen LogP contribution in [0.2, 0.25) is 0 Å². The lowest BCUT2D eigenvalue weighted by molar-refractivity contribution is 0.356. The average molecular weight is 364 g/mol. The second-order valence-electron chi connectivity index (χ2n) is 6.65. The number of aromatic nitrogens is 2. The topological polar surface area (TPSA) is 68.3 Å². The van der Waals surface area contributed by atoms with E-state index >= 15 is 0 Å². The van der Waals surface area contributed by atoms with Crippen LogP contribution in [-0.2, 0) is 0 Å². The van der Waals surface area contributed by atoms with Gasteiger partial charge in [-0.15, -0.1) is 0 Å². The number of nitrogens with one attached hydrogen (secondary N) is 2. The number of methoxy groups -OCH3 is 2. The van der Waals surface area contributed by atoms with Gasteiger partial charge in [0, 0.05) is 36.1 Å². The first-order valence-electron chi connectivity index (χ1n) is 9.25. The molecule has 27 heavy (non-hydrogen) atoms. The highest BCUT2D eigenvalue weighted by Gasteiger charge is 2.28. The lowest BCUT2D eigenvalue weighted by atomic mass is 10.2. The number of rotatable bonds is 8. The SMILES string of the molecule is COc1cc2nc(C3CC3)nc(NCCNc3ccccc3)c2cc1OC. The van der Waals surface area contributed by atoms with E-state index < -0.39 is 0 Å². The Morgan fingerprint density at radius 3 is 2.33 bits per heavy atom. The molecule has 1 fully saturated rings. The molecule has 6 nitrogen and oxygen atoms in total. The summed E-state index contributed by atoms with van der Waals surface area (Å²) in [7, 11) is 3.28. The number of hydrogen-bond acceptors (Lipinski definition) is 6. The van der Waals surface area contributed by atoms with Gasteiger partial charge in [0.05, 0.1) is 19.7 Å². The van der Waals surface area contributed by atoms with Crippen LogP contribution < -0.4 is 20.1 Å². The molecule has 0 unspecified atom stereocenters. The van der Waals surface area contributed by atoms with E-state index in [1.165, 1.54) is 0 Å². The molecule has 3 aromatic rings. The molecule has 2 aromatic carbocycles. The van der Waals surface area contributed by atoms with Crippen LogP contribution in [0.15, 0.2) is 42.5 Å². The van der Waals surface area contributed by atoms with Crippen LogP contribution in [-0.4, -0.2) is 37.3 Å². The van der Waals surface area contributed by atoms with Gasteiger partial charge < -0.3 is 20.1 Å². The highest BCUT2D eigenvalue weighted by molar-refractivity contribution is 5.92. The highest BCUT2D eigenvalue weighted by Crippen LogP contribution is 2.41. The molecule has 0 radical (unpaired) electrons. The van der Waals surface area contributed by atoms with Crippen molar-refractivity contribution in [1.82, 2.24) is 9.97 Å². The first-order valence-corrected chi connectivity index (χ1v) is 9.25. The van der Waals surface area contributed by atoms with Crippen LogP contribution in [0, 0.1) is 0 Å². The Morgan fingerprint density at radius 1 is 0.926 bits per heavy atom. The van der Waals surface area contributed by atoms with Gasteiger partial charge in [0.2, 0.25) is 0 Å². The number of anilines is 2. The van der Waals surface area contributed by atoms with Crippen molar-refractivity contribution in [3.8, 4) is 11.5 Å². The van der Waals surface area contributed by atoms with Gasteiger partial charge in [-0.1, -0.05) is 18.2 Å². The molecule has 0 atom stereocenters. The first kappa shape index (κ1) is 17.4. The summed E-state index contributed by atoms with van der Waals surface area (Å²) in [6, 6.07) is 14.0. The largest absolute Gasteiger partial charge is 0.493 e. The molecule has 0 spiro atoms. The van der Waals surface area contributed by atoms with Crippen molar-refractivity contribution < 1.29 is 9.47 Å². The average Bonchev–Trinajstić information content (AvgIpc) is 3.56. The smallest absolute Gasteiger partial charge is 0.162 e. The maximum absolute atomic E-state index is 5.45. The molecular formula is C21H24N4O2.